The van der Waals surface area contributed by atoms with E-state index in [0.29, 0.717) is 13.0 Å². The molecule has 7 heteroatoms. The third kappa shape index (κ3) is 5.26. The third-order valence-corrected chi connectivity index (χ3v) is 6.42. The summed E-state index contributed by atoms with van der Waals surface area (Å²) in [6.45, 7) is 4.24. The van der Waals surface area contributed by atoms with Gasteiger partial charge >= 0.3 is 0 Å². The lowest BCUT2D eigenvalue weighted by molar-refractivity contribution is -0.130. The minimum atomic E-state index is -0.752. The number of carbonyl (C=O) groups is 2. The molecule has 1 unspecified atom stereocenters. The number of amides is 2. The van der Waals surface area contributed by atoms with E-state index in [-0.39, 0.29) is 17.7 Å². The molecule has 0 saturated heterocycles. The first-order chi connectivity index (χ1) is 16.5. The smallest absolute Gasteiger partial charge is 0.243 e. The maximum atomic E-state index is 13.3. The lowest BCUT2D eigenvalue weighted by Gasteiger charge is -2.23. The summed E-state index contributed by atoms with van der Waals surface area (Å²) in [6.07, 6.45) is 4.71. The van der Waals surface area contributed by atoms with Crippen molar-refractivity contribution in [1.82, 2.24) is 20.6 Å². The highest BCUT2D eigenvalue weighted by molar-refractivity contribution is 5.91. The molecule has 2 amide bonds. The number of nitrogens with one attached hydrogen (secondary N) is 3. The van der Waals surface area contributed by atoms with Crippen molar-refractivity contribution in [3.05, 3.63) is 78.1 Å². The van der Waals surface area contributed by atoms with Crippen LogP contribution in [-0.2, 0) is 22.6 Å². The zero-order valence-corrected chi connectivity index (χ0v) is 19.5. The van der Waals surface area contributed by atoms with Crippen LogP contribution in [0.1, 0.15) is 31.4 Å². The molecule has 0 saturated carbocycles. The van der Waals surface area contributed by atoms with Gasteiger partial charge in [-0.2, -0.15) is 0 Å². The molecule has 2 aromatic heterocycles. The van der Waals surface area contributed by atoms with E-state index >= 15 is 0 Å². The van der Waals surface area contributed by atoms with Gasteiger partial charge < -0.3 is 21.4 Å². The quantitative estimate of drug-likeness (QED) is 0.308. The van der Waals surface area contributed by atoms with Gasteiger partial charge in [0.1, 0.15) is 11.7 Å². The highest BCUT2D eigenvalue weighted by Gasteiger charge is 2.26. The van der Waals surface area contributed by atoms with E-state index in [4.69, 9.17) is 5.73 Å². The van der Waals surface area contributed by atoms with Crippen molar-refractivity contribution in [2.75, 3.05) is 0 Å². The molecule has 5 N–H and O–H groups in total. The minimum absolute atomic E-state index is 0.0143. The topological polar surface area (TPSA) is 113 Å². The van der Waals surface area contributed by atoms with Gasteiger partial charge in [0.2, 0.25) is 11.8 Å². The standard InChI is InChI=1S/C27H31N5O2/c1-3-17(2)24(28)27(34)32-23(14-20-9-6-8-19-7-4-5-10-22(19)20)26(33)31-16-18-13-21-11-12-29-25(21)30-15-18/h4-13,15,17,23-24H,3,14,16,28H2,1-2H3,(H,29,30)(H,31,33)(H,32,34)/t17?,23-,24+/m0/s1. The molecule has 0 bridgehead atoms. The molecule has 176 valence electrons. The Morgan fingerprint density at radius 2 is 1.85 bits per heavy atom. The largest absolute Gasteiger partial charge is 0.350 e. The molecular weight excluding hydrogens is 426 g/mol. The summed E-state index contributed by atoms with van der Waals surface area (Å²) in [7, 11) is 0. The van der Waals surface area contributed by atoms with Crippen LogP contribution in [0, 0.1) is 5.92 Å². The summed E-state index contributed by atoms with van der Waals surface area (Å²) in [5, 5.41) is 9.01. The normalized spacial score (nSPS) is 14.0. The molecule has 0 radical (unpaired) electrons. The van der Waals surface area contributed by atoms with E-state index in [2.05, 4.69) is 20.6 Å². The number of rotatable bonds is 9. The van der Waals surface area contributed by atoms with Gasteiger partial charge in [0, 0.05) is 30.7 Å². The van der Waals surface area contributed by atoms with Gasteiger partial charge in [-0.15, -0.1) is 0 Å². The van der Waals surface area contributed by atoms with E-state index in [9.17, 15) is 9.59 Å². The fraction of sp³-hybridized carbons (Fsp3) is 0.296. The van der Waals surface area contributed by atoms with Gasteiger partial charge in [-0.1, -0.05) is 62.7 Å². The van der Waals surface area contributed by atoms with Crippen LogP contribution >= 0.6 is 0 Å². The second kappa shape index (κ2) is 10.5. The van der Waals surface area contributed by atoms with Crippen molar-refractivity contribution in [2.45, 2.75) is 45.3 Å². The maximum absolute atomic E-state index is 13.3. The van der Waals surface area contributed by atoms with Crippen molar-refractivity contribution < 1.29 is 9.59 Å². The van der Waals surface area contributed by atoms with Crippen LogP contribution < -0.4 is 16.4 Å². The summed E-state index contributed by atoms with van der Waals surface area (Å²) < 4.78 is 0. The average Bonchev–Trinajstić information content (AvgIpc) is 3.34. The number of benzene rings is 2. The van der Waals surface area contributed by atoms with E-state index in [1.54, 1.807) is 6.20 Å². The summed E-state index contributed by atoms with van der Waals surface area (Å²) in [6, 6.07) is 16.5. The van der Waals surface area contributed by atoms with Crippen LogP contribution in [0.4, 0.5) is 0 Å². The fourth-order valence-electron chi connectivity index (χ4n) is 4.07. The van der Waals surface area contributed by atoms with Gasteiger partial charge in [-0.05, 0) is 39.9 Å². The zero-order valence-electron chi connectivity index (χ0n) is 19.5. The van der Waals surface area contributed by atoms with Crippen LogP contribution in [-0.4, -0.2) is 33.9 Å². The average molecular weight is 458 g/mol. The number of H-pyrrole nitrogens is 1. The second-order valence-electron chi connectivity index (χ2n) is 8.79. The molecule has 7 nitrogen and oxygen atoms in total. The predicted octanol–water partition coefficient (Wildman–Crippen LogP) is 3.43. The van der Waals surface area contributed by atoms with Gasteiger partial charge in [-0.25, -0.2) is 4.98 Å². The Labute approximate surface area is 199 Å². The highest BCUT2D eigenvalue weighted by Crippen LogP contribution is 2.20. The monoisotopic (exact) mass is 457 g/mol. The van der Waals surface area contributed by atoms with Crippen LogP contribution in [0.15, 0.2) is 67.0 Å². The molecule has 0 aliphatic carbocycles. The molecule has 3 atom stereocenters. The first kappa shape index (κ1) is 23.4. The van der Waals surface area contributed by atoms with Crippen molar-refractivity contribution in [3.8, 4) is 0 Å². The molecule has 2 aromatic carbocycles. The number of fused-ring (bicyclic) bond motifs is 2. The lowest BCUT2D eigenvalue weighted by atomic mass is 9.96. The Balaban J connectivity index is 1.54. The summed E-state index contributed by atoms with van der Waals surface area (Å²) >= 11 is 0. The van der Waals surface area contributed by atoms with E-state index in [1.807, 2.05) is 74.6 Å². The van der Waals surface area contributed by atoms with Crippen LogP contribution in [0.25, 0.3) is 21.8 Å². The van der Waals surface area contributed by atoms with Gasteiger partial charge in [0.15, 0.2) is 0 Å². The Hall–Kier alpha value is -3.71. The van der Waals surface area contributed by atoms with E-state index in [0.717, 1.165) is 39.4 Å². The summed E-state index contributed by atoms with van der Waals surface area (Å²) in [5.41, 5.74) is 8.83. The zero-order chi connectivity index (χ0) is 24.1. The Kier molecular flexibility index (Phi) is 7.23. The SMILES string of the molecule is CCC(C)[C@@H](N)C(=O)N[C@@H](Cc1cccc2ccccc12)C(=O)NCc1cnc2[nH]ccc2c1. The molecule has 0 fully saturated rings. The van der Waals surface area contributed by atoms with Crippen molar-refractivity contribution >= 4 is 33.6 Å². The second-order valence-corrected chi connectivity index (χ2v) is 8.79. The molecular formula is C27H31N5O2. The Bertz CT molecular complexity index is 1290. The maximum Gasteiger partial charge on any atom is 0.243 e. The number of aromatic nitrogens is 2. The van der Waals surface area contributed by atoms with E-state index < -0.39 is 12.1 Å². The highest BCUT2D eigenvalue weighted by atomic mass is 16.2. The Morgan fingerprint density at radius 1 is 1.06 bits per heavy atom. The van der Waals surface area contributed by atoms with Crippen LogP contribution in [0.5, 0.6) is 0 Å². The van der Waals surface area contributed by atoms with Crippen molar-refractivity contribution in [3.63, 3.8) is 0 Å². The molecule has 0 aliphatic rings. The first-order valence-electron chi connectivity index (χ1n) is 11.7. The number of nitrogens with two attached hydrogens (primary N) is 1. The Morgan fingerprint density at radius 3 is 2.68 bits per heavy atom. The number of pyridine rings is 1. The summed E-state index contributed by atoms with van der Waals surface area (Å²) in [5.74, 6) is -0.558. The van der Waals surface area contributed by atoms with Crippen LogP contribution in [0.2, 0.25) is 0 Å². The third-order valence-electron chi connectivity index (χ3n) is 6.42. The molecule has 4 aromatic rings. The first-order valence-corrected chi connectivity index (χ1v) is 11.7. The lowest BCUT2D eigenvalue weighted by Crippen LogP contribution is -2.53. The minimum Gasteiger partial charge on any atom is -0.350 e. The molecule has 34 heavy (non-hydrogen) atoms. The number of hydrogen-bond donors (Lipinski definition) is 4. The predicted molar refractivity (Wildman–Crippen MR) is 135 cm³/mol. The summed E-state index contributed by atoms with van der Waals surface area (Å²) in [4.78, 5) is 33.6. The van der Waals surface area contributed by atoms with Crippen molar-refractivity contribution in [2.24, 2.45) is 11.7 Å². The molecule has 0 aliphatic heterocycles. The number of aromatic amines is 1. The number of carbonyl (C=O) groups excluding carboxylic acids is 2. The number of hydrogen-bond acceptors (Lipinski definition) is 4. The molecule has 0 spiro atoms. The molecule has 2 heterocycles. The van der Waals surface area contributed by atoms with Gasteiger partial charge in [-0.3, -0.25) is 9.59 Å². The van der Waals surface area contributed by atoms with Gasteiger partial charge in [0.25, 0.3) is 0 Å². The van der Waals surface area contributed by atoms with E-state index in [1.165, 1.54) is 0 Å². The van der Waals surface area contributed by atoms with Gasteiger partial charge in [0.05, 0.1) is 6.04 Å². The van der Waals surface area contributed by atoms with Crippen LogP contribution in [0.3, 0.4) is 0 Å². The van der Waals surface area contributed by atoms with Crippen molar-refractivity contribution in [1.29, 1.82) is 0 Å². The fourth-order valence-corrected chi connectivity index (χ4v) is 4.07. The number of nitrogens with zero attached hydrogens (tertiary/aromatic N) is 1. The molecule has 4 rings (SSSR count).